The van der Waals surface area contributed by atoms with E-state index in [9.17, 15) is 0 Å². The molecule has 0 saturated heterocycles. The van der Waals surface area contributed by atoms with Crippen molar-refractivity contribution >= 4 is 0 Å². The summed E-state index contributed by atoms with van der Waals surface area (Å²) in [6.45, 7) is 5.21. The minimum Gasteiger partial charge on any atom is -1.00 e. The molecular weight excluding hydrogens is 258 g/mol. The summed E-state index contributed by atoms with van der Waals surface area (Å²) in [5.74, 6) is 0. The van der Waals surface area contributed by atoms with Gasteiger partial charge in [-0.3, -0.25) is 0 Å². The maximum absolute atomic E-state index is 8.93. The molecule has 0 unspecified atom stereocenters. The van der Waals surface area contributed by atoms with Crippen molar-refractivity contribution in [3.8, 4) is 0 Å². The van der Waals surface area contributed by atoms with Gasteiger partial charge in [0.15, 0.2) is 0 Å². The minimum absolute atomic E-state index is 0. The molecule has 0 aliphatic rings. The van der Waals surface area contributed by atoms with E-state index in [1.165, 1.54) is 25.7 Å². The number of likely N-dealkylation sites (N-methyl/N-ethyl adjacent to an activating group) is 1. The van der Waals surface area contributed by atoms with Crippen LogP contribution in [-0.2, 0) is 0 Å². The summed E-state index contributed by atoms with van der Waals surface area (Å²) in [6, 6.07) is 0. The van der Waals surface area contributed by atoms with Gasteiger partial charge in [0, 0.05) is 0 Å². The topological polar surface area (TPSA) is 40.5 Å². The average Bonchev–Trinajstić information content (AvgIpc) is 2.13. The van der Waals surface area contributed by atoms with E-state index in [1.807, 2.05) is 0 Å². The van der Waals surface area contributed by atoms with E-state index in [0.717, 1.165) is 24.1 Å². The van der Waals surface area contributed by atoms with E-state index in [-0.39, 0.29) is 30.2 Å². The molecule has 0 radical (unpaired) electrons. The predicted molar refractivity (Wildman–Crippen MR) is 59.1 cm³/mol. The second kappa shape index (κ2) is 10.9. The second-order valence-electron chi connectivity index (χ2n) is 4.30. The third-order valence-electron chi connectivity index (χ3n) is 2.83. The van der Waals surface area contributed by atoms with Crippen LogP contribution in [0.5, 0.6) is 0 Å². The Morgan fingerprint density at radius 3 is 1.80 bits per heavy atom. The van der Waals surface area contributed by atoms with Crippen LogP contribution in [0.15, 0.2) is 0 Å². The first-order chi connectivity index (χ1) is 6.68. The quantitative estimate of drug-likeness (QED) is 0.380. The number of rotatable bonds is 9. The highest BCUT2D eigenvalue weighted by Crippen LogP contribution is 2.07. The van der Waals surface area contributed by atoms with E-state index >= 15 is 0 Å². The van der Waals surface area contributed by atoms with Crippen LogP contribution in [0, 0.1) is 0 Å². The maximum Gasteiger partial charge on any atom is 0.102 e. The first-order valence-electron chi connectivity index (χ1n) is 5.74. The van der Waals surface area contributed by atoms with E-state index in [1.54, 1.807) is 0 Å². The van der Waals surface area contributed by atoms with Gasteiger partial charge in [-0.05, 0) is 12.8 Å². The van der Waals surface area contributed by atoms with Gasteiger partial charge in [0.05, 0.1) is 26.8 Å². The fourth-order valence-corrected chi connectivity index (χ4v) is 1.74. The van der Waals surface area contributed by atoms with Gasteiger partial charge in [-0.1, -0.05) is 19.8 Å². The largest absolute Gasteiger partial charge is 1.00 e. The lowest BCUT2D eigenvalue weighted by Gasteiger charge is -2.33. The number of halogens is 1. The van der Waals surface area contributed by atoms with Gasteiger partial charge in [0.1, 0.15) is 13.1 Å². The number of hydrogen-bond donors (Lipinski definition) is 2. The molecule has 0 amide bonds. The lowest BCUT2D eigenvalue weighted by atomic mass is 10.2. The molecule has 0 heterocycles. The fourth-order valence-electron chi connectivity index (χ4n) is 1.74. The molecule has 15 heavy (non-hydrogen) atoms. The van der Waals surface area contributed by atoms with Crippen molar-refractivity contribution in [2.75, 3.05) is 39.9 Å². The van der Waals surface area contributed by atoms with Gasteiger partial charge < -0.3 is 31.7 Å². The summed E-state index contributed by atoms with van der Waals surface area (Å²) in [5, 5.41) is 17.9. The summed E-state index contributed by atoms with van der Waals surface area (Å²) in [4.78, 5) is 0. The van der Waals surface area contributed by atoms with Gasteiger partial charge in [-0.2, -0.15) is 0 Å². The van der Waals surface area contributed by atoms with Gasteiger partial charge in [-0.15, -0.1) is 0 Å². The van der Waals surface area contributed by atoms with E-state index < -0.39 is 0 Å². The molecule has 0 fully saturated rings. The molecular formula is C11H26BrNO2. The van der Waals surface area contributed by atoms with Crippen molar-refractivity contribution in [1.29, 1.82) is 0 Å². The van der Waals surface area contributed by atoms with Gasteiger partial charge in [-0.25, -0.2) is 0 Å². The molecule has 0 aromatic heterocycles. The molecule has 0 bridgehead atoms. The van der Waals surface area contributed by atoms with E-state index in [0.29, 0.717) is 0 Å². The van der Waals surface area contributed by atoms with Crippen molar-refractivity contribution in [3.05, 3.63) is 0 Å². The highest BCUT2D eigenvalue weighted by molar-refractivity contribution is 4.43. The van der Waals surface area contributed by atoms with E-state index in [4.69, 9.17) is 10.2 Å². The van der Waals surface area contributed by atoms with Crippen LogP contribution in [0.1, 0.15) is 32.6 Å². The molecule has 0 aliphatic heterocycles. The molecule has 0 aromatic rings. The Morgan fingerprint density at radius 2 is 1.40 bits per heavy atom. The standard InChI is InChI=1S/C11H26NO2.BrH/c1-3-4-5-6-7-12(2,8-10-13)9-11-14;/h13-14H,3-11H2,1-2H3;1H/q+1;/p-1. The smallest absolute Gasteiger partial charge is 0.102 e. The Balaban J connectivity index is 0. The Morgan fingerprint density at radius 1 is 0.867 bits per heavy atom. The summed E-state index contributed by atoms with van der Waals surface area (Å²) in [5.41, 5.74) is 0. The van der Waals surface area contributed by atoms with Gasteiger partial charge in [0.2, 0.25) is 0 Å². The first kappa shape index (κ1) is 17.7. The van der Waals surface area contributed by atoms with Crippen LogP contribution in [0.2, 0.25) is 0 Å². The molecule has 4 heteroatoms. The van der Waals surface area contributed by atoms with Crippen LogP contribution in [-0.4, -0.2) is 54.6 Å². The third-order valence-corrected chi connectivity index (χ3v) is 2.83. The Hall–Kier alpha value is 0.360. The SMILES string of the molecule is CCCCCC[N+](C)(CCO)CCO.[Br-]. The Kier molecular flexibility index (Phi) is 12.9. The summed E-state index contributed by atoms with van der Waals surface area (Å²) in [7, 11) is 2.11. The Labute approximate surface area is 104 Å². The second-order valence-corrected chi connectivity index (χ2v) is 4.30. The normalized spacial score (nSPS) is 11.2. The van der Waals surface area contributed by atoms with Crippen LogP contribution in [0.3, 0.4) is 0 Å². The molecule has 3 nitrogen and oxygen atoms in total. The number of unbranched alkanes of at least 4 members (excludes halogenated alkanes) is 3. The monoisotopic (exact) mass is 283 g/mol. The van der Waals surface area contributed by atoms with Crippen LogP contribution < -0.4 is 17.0 Å². The molecule has 0 aliphatic carbocycles. The van der Waals surface area contributed by atoms with Gasteiger partial charge in [0.25, 0.3) is 0 Å². The first-order valence-corrected chi connectivity index (χ1v) is 5.74. The zero-order valence-corrected chi connectivity index (χ0v) is 11.7. The molecule has 0 atom stereocenters. The number of aliphatic hydroxyl groups excluding tert-OH is 2. The van der Waals surface area contributed by atoms with E-state index in [2.05, 4.69) is 14.0 Å². The van der Waals surface area contributed by atoms with Crippen molar-refractivity contribution in [2.45, 2.75) is 32.6 Å². The molecule has 2 N–H and O–H groups in total. The third kappa shape index (κ3) is 9.30. The minimum atomic E-state index is 0. The molecule has 0 spiro atoms. The Bertz CT molecular complexity index is 128. The summed E-state index contributed by atoms with van der Waals surface area (Å²) in [6.07, 6.45) is 5.01. The highest BCUT2D eigenvalue weighted by atomic mass is 79.9. The fraction of sp³-hybridized carbons (Fsp3) is 1.00. The number of nitrogens with zero attached hydrogens (tertiary/aromatic N) is 1. The molecule has 94 valence electrons. The maximum atomic E-state index is 8.93. The summed E-state index contributed by atoms with van der Waals surface area (Å²) >= 11 is 0. The molecule has 0 saturated carbocycles. The zero-order valence-electron chi connectivity index (χ0n) is 10.1. The number of quaternary nitrogens is 1. The van der Waals surface area contributed by atoms with Crippen LogP contribution in [0.4, 0.5) is 0 Å². The number of aliphatic hydroxyl groups is 2. The van der Waals surface area contributed by atoms with Crippen LogP contribution >= 0.6 is 0 Å². The molecule has 0 rings (SSSR count). The van der Waals surface area contributed by atoms with Crippen molar-refractivity contribution in [3.63, 3.8) is 0 Å². The molecule has 0 aromatic carbocycles. The van der Waals surface area contributed by atoms with Gasteiger partial charge >= 0.3 is 0 Å². The van der Waals surface area contributed by atoms with Crippen LogP contribution in [0.25, 0.3) is 0 Å². The highest BCUT2D eigenvalue weighted by Gasteiger charge is 2.19. The lowest BCUT2D eigenvalue weighted by molar-refractivity contribution is -0.910. The van der Waals surface area contributed by atoms with Crippen molar-refractivity contribution in [2.24, 2.45) is 0 Å². The average molecular weight is 284 g/mol. The lowest BCUT2D eigenvalue weighted by Crippen LogP contribution is -3.00. The predicted octanol–water partition coefficient (Wildman–Crippen LogP) is -2.00. The zero-order chi connectivity index (χ0) is 10.9. The summed E-state index contributed by atoms with van der Waals surface area (Å²) < 4.78 is 0.802. The van der Waals surface area contributed by atoms with Crippen molar-refractivity contribution in [1.82, 2.24) is 0 Å². The number of hydrogen-bond acceptors (Lipinski definition) is 2. The van der Waals surface area contributed by atoms with Crippen molar-refractivity contribution < 1.29 is 31.7 Å².